The van der Waals surface area contributed by atoms with Gasteiger partial charge in [0.15, 0.2) is 0 Å². The van der Waals surface area contributed by atoms with Crippen molar-refractivity contribution in [2.75, 3.05) is 14.1 Å². The van der Waals surface area contributed by atoms with Gasteiger partial charge in [0.25, 0.3) is 5.91 Å². The number of nitrogens with two attached hydrogens (primary N) is 1. The smallest absolute Gasteiger partial charge is 0.271 e. The molecule has 0 aromatic rings. The molecule has 2 N–H and O–H groups in total. The Balaban J connectivity index is 4.76. The molecule has 0 fully saturated rings. The zero-order chi connectivity index (χ0) is 11.1. The third-order valence-electron chi connectivity index (χ3n) is 1.83. The van der Waals surface area contributed by atoms with Crippen molar-refractivity contribution in [2.24, 2.45) is 10.7 Å². The highest BCUT2D eigenvalue weighted by Gasteiger charge is 2.11. The summed E-state index contributed by atoms with van der Waals surface area (Å²) in [7, 11) is 3.39. The van der Waals surface area contributed by atoms with Crippen molar-refractivity contribution in [1.29, 1.82) is 0 Å². The molecule has 1 amide bonds. The zero-order valence-corrected chi connectivity index (χ0v) is 9.32. The third-order valence-corrected chi connectivity index (χ3v) is 1.83. The van der Waals surface area contributed by atoms with Crippen LogP contribution in [-0.2, 0) is 4.79 Å². The van der Waals surface area contributed by atoms with Crippen LogP contribution in [0.5, 0.6) is 0 Å². The first-order chi connectivity index (χ1) is 6.52. The van der Waals surface area contributed by atoms with Crippen LogP contribution in [0.25, 0.3) is 0 Å². The van der Waals surface area contributed by atoms with E-state index in [1.165, 1.54) is 17.2 Å². The molecule has 0 aromatic carbocycles. The van der Waals surface area contributed by atoms with Gasteiger partial charge in [-0.15, -0.1) is 0 Å². The maximum atomic E-state index is 11.6. The molecule has 80 valence electrons. The van der Waals surface area contributed by atoms with Crippen LogP contribution in [0.4, 0.5) is 0 Å². The quantitative estimate of drug-likeness (QED) is 0.677. The maximum Gasteiger partial charge on any atom is 0.271 e. The second-order valence-corrected chi connectivity index (χ2v) is 3.33. The van der Waals surface area contributed by atoms with Crippen molar-refractivity contribution in [2.45, 2.75) is 26.3 Å². The fourth-order valence-electron chi connectivity index (χ4n) is 0.819. The van der Waals surface area contributed by atoms with E-state index in [1.54, 1.807) is 14.1 Å². The van der Waals surface area contributed by atoms with Gasteiger partial charge in [-0.25, -0.2) is 0 Å². The van der Waals surface area contributed by atoms with E-state index in [0.717, 1.165) is 6.42 Å². The third kappa shape index (κ3) is 4.07. The predicted octanol–water partition coefficient (Wildman–Crippen LogP) is 0.787. The van der Waals surface area contributed by atoms with Crippen LogP contribution >= 0.6 is 0 Å². The first-order valence-electron chi connectivity index (χ1n) is 4.70. The van der Waals surface area contributed by atoms with Gasteiger partial charge in [-0.05, 0) is 25.6 Å². The molecule has 0 saturated carbocycles. The van der Waals surface area contributed by atoms with Crippen LogP contribution in [0, 0.1) is 0 Å². The summed E-state index contributed by atoms with van der Waals surface area (Å²) in [4.78, 5) is 17.3. The van der Waals surface area contributed by atoms with E-state index in [4.69, 9.17) is 5.73 Å². The van der Waals surface area contributed by atoms with Crippen molar-refractivity contribution in [3.05, 3.63) is 12.3 Å². The van der Waals surface area contributed by atoms with Crippen molar-refractivity contribution in [1.82, 2.24) is 4.90 Å². The average molecular weight is 197 g/mol. The molecular weight excluding hydrogens is 178 g/mol. The topological polar surface area (TPSA) is 58.7 Å². The molecule has 1 atom stereocenters. The van der Waals surface area contributed by atoms with Crippen LogP contribution < -0.4 is 5.73 Å². The Bertz CT molecular complexity index is 244. The van der Waals surface area contributed by atoms with E-state index in [1.807, 2.05) is 13.8 Å². The molecule has 0 aliphatic rings. The zero-order valence-electron chi connectivity index (χ0n) is 9.32. The molecule has 0 aliphatic carbocycles. The van der Waals surface area contributed by atoms with Gasteiger partial charge in [0.05, 0.1) is 0 Å². The molecule has 0 spiro atoms. The summed E-state index contributed by atoms with van der Waals surface area (Å²) in [6.07, 6.45) is 3.78. The summed E-state index contributed by atoms with van der Waals surface area (Å²) in [5.41, 5.74) is 5.66. The van der Waals surface area contributed by atoms with E-state index in [-0.39, 0.29) is 11.9 Å². The average Bonchev–Trinajstić information content (AvgIpc) is 2.15. The van der Waals surface area contributed by atoms with E-state index in [0.29, 0.717) is 5.71 Å². The van der Waals surface area contributed by atoms with Gasteiger partial charge in [0.1, 0.15) is 5.71 Å². The highest BCUT2D eigenvalue weighted by atomic mass is 16.2. The Hall–Kier alpha value is -1.32. The molecule has 4 nitrogen and oxygen atoms in total. The molecule has 0 heterocycles. The fraction of sp³-hybridized carbons (Fsp3) is 0.600. The predicted molar refractivity (Wildman–Crippen MR) is 59.2 cm³/mol. The standard InChI is InChI=1S/C10H19N3O/c1-5-8(2)12-9(6-7-11)10(14)13(3)4/h6-8H,5,11H2,1-4H3. The summed E-state index contributed by atoms with van der Waals surface area (Å²) in [6.45, 7) is 3.99. The summed E-state index contributed by atoms with van der Waals surface area (Å²) in [5, 5.41) is 0. The van der Waals surface area contributed by atoms with Gasteiger partial charge in [-0.2, -0.15) is 0 Å². The highest BCUT2D eigenvalue weighted by molar-refractivity contribution is 6.43. The summed E-state index contributed by atoms with van der Waals surface area (Å²) >= 11 is 0. The molecule has 1 unspecified atom stereocenters. The van der Waals surface area contributed by atoms with Gasteiger partial charge >= 0.3 is 0 Å². The first kappa shape index (κ1) is 12.7. The monoisotopic (exact) mass is 197 g/mol. The molecule has 14 heavy (non-hydrogen) atoms. The highest BCUT2D eigenvalue weighted by Crippen LogP contribution is 1.98. The number of rotatable bonds is 4. The second kappa shape index (κ2) is 6.18. The molecule has 0 aromatic heterocycles. The van der Waals surface area contributed by atoms with Gasteiger partial charge in [-0.3, -0.25) is 9.79 Å². The number of hydrogen-bond donors (Lipinski definition) is 1. The minimum absolute atomic E-state index is 0.119. The fourth-order valence-corrected chi connectivity index (χ4v) is 0.819. The normalized spacial score (nSPS) is 14.4. The Kier molecular flexibility index (Phi) is 5.60. The molecular formula is C10H19N3O. The largest absolute Gasteiger partial charge is 0.405 e. The molecule has 4 heteroatoms. The lowest BCUT2D eigenvalue weighted by atomic mass is 10.2. The number of amides is 1. The Morgan fingerprint density at radius 2 is 2.14 bits per heavy atom. The van der Waals surface area contributed by atoms with Crippen molar-refractivity contribution < 1.29 is 4.79 Å². The number of carbonyl (C=O) groups excluding carboxylic acids is 1. The SMILES string of the molecule is CCC(C)N=C(C=CN)C(=O)N(C)C. The van der Waals surface area contributed by atoms with Gasteiger partial charge in [0, 0.05) is 20.1 Å². The van der Waals surface area contributed by atoms with Gasteiger partial charge in [0.2, 0.25) is 0 Å². The second-order valence-electron chi connectivity index (χ2n) is 3.33. The van der Waals surface area contributed by atoms with Gasteiger partial charge < -0.3 is 10.6 Å². The van der Waals surface area contributed by atoms with Crippen molar-refractivity contribution in [3.63, 3.8) is 0 Å². The van der Waals surface area contributed by atoms with E-state index in [2.05, 4.69) is 4.99 Å². The lowest BCUT2D eigenvalue weighted by Gasteiger charge is -2.11. The van der Waals surface area contributed by atoms with E-state index < -0.39 is 0 Å². The Labute approximate surface area is 85.5 Å². The first-order valence-corrected chi connectivity index (χ1v) is 4.70. The number of carbonyl (C=O) groups is 1. The number of hydrogen-bond acceptors (Lipinski definition) is 3. The van der Waals surface area contributed by atoms with Crippen LogP contribution in [0.1, 0.15) is 20.3 Å². The number of aliphatic imine (C=N–C) groups is 1. The van der Waals surface area contributed by atoms with Crippen LogP contribution in [0.15, 0.2) is 17.3 Å². The summed E-state index contributed by atoms with van der Waals surface area (Å²) in [6, 6.07) is 0.144. The molecule has 0 radical (unpaired) electrons. The van der Waals surface area contributed by atoms with Crippen LogP contribution in [0.3, 0.4) is 0 Å². The van der Waals surface area contributed by atoms with Crippen molar-refractivity contribution >= 4 is 11.6 Å². The summed E-state index contributed by atoms with van der Waals surface area (Å²) in [5.74, 6) is -0.119. The molecule has 0 bridgehead atoms. The van der Waals surface area contributed by atoms with E-state index in [9.17, 15) is 4.79 Å². The molecule has 0 rings (SSSR count). The van der Waals surface area contributed by atoms with E-state index >= 15 is 0 Å². The lowest BCUT2D eigenvalue weighted by Crippen LogP contribution is -2.29. The molecule has 0 saturated heterocycles. The lowest BCUT2D eigenvalue weighted by molar-refractivity contribution is -0.121. The maximum absolute atomic E-state index is 11.6. The Morgan fingerprint density at radius 3 is 2.50 bits per heavy atom. The number of nitrogens with zero attached hydrogens (tertiary/aromatic N) is 2. The van der Waals surface area contributed by atoms with Crippen molar-refractivity contribution in [3.8, 4) is 0 Å². The minimum atomic E-state index is -0.119. The van der Waals surface area contributed by atoms with Crippen LogP contribution in [0.2, 0.25) is 0 Å². The molecule has 0 aliphatic heterocycles. The minimum Gasteiger partial charge on any atom is -0.405 e. The summed E-state index contributed by atoms with van der Waals surface area (Å²) < 4.78 is 0. The van der Waals surface area contributed by atoms with Crippen LogP contribution in [-0.4, -0.2) is 36.7 Å². The van der Waals surface area contributed by atoms with Gasteiger partial charge in [-0.1, -0.05) is 6.92 Å². The Morgan fingerprint density at radius 1 is 1.57 bits per heavy atom.